The van der Waals surface area contributed by atoms with Gasteiger partial charge >= 0.3 is 0 Å². The third-order valence-corrected chi connectivity index (χ3v) is 3.87. The maximum atomic E-state index is 13.5. The number of benzene rings is 1. The van der Waals surface area contributed by atoms with E-state index in [0.717, 1.165) is 17.7 Å². The fourth-order valence-electron chi connectivity index (χ4n) is 2.41. The fraction of sp³-hybridized carbons (Fsp3) is 0.235. The largest absolute Gasteiger partial charge is 0.352 e. The molecule has 2 aromatic rings. The van der Waals surface area contributed by atoms with Crippen molar-refractivity contribution in [2.24, 2.45) is 11.8 Å². The fourth-order valence-corrected chi connectivity index (χ4v) is 2.41. The molecule has 2 N–H and O–H groups in total. The summed E-state index contributed by atoms with van der Waals surface area (Å²) in [6, 6.07) is 6.48. The molecule has 2 amide bonds. The molecule has 1 saturated carbocycles. The Balaban J connectivity index is 1.51. The first-order valence-corrected chi connectivity index (χ1v) is 7.47. The van der Waals surface area contributed by atoms with Gasteiger partial charge in [0.2, 0.25) is 11.8 Å². The van der Waals surface area contributed by atoms with E-state index in [1.807, 2.05) is 0 Å². The molecule has 1 aliphatic rings. The lowest BCUT2D eigenvalue weighted by atomic mass is 10.2. The van der Waals surface area contributed by atoms with Crippen LogP contribution in [0.4, 0.5) is 14.5 Å². The Morgan fingerprint density at radius 1 is 1.08 bits per heavy atom. The summed E-state index contributed by atoms with van der Waals surface area (Å²) in [6.45, 7) is 0.360. The van der Waals surface area contributed by atoms with Crippen molar-refractivity contribution in [3.05, 3.63) is 59.9 Å². The van der Waals surface area contributed by atoms with Crippen molar-refractivity contribution < 1.29 is 18.4 Å². The van der Waals surface area contributed by atoms with E-state index >= 15 is 0 Å². The first-order chi connectivity index (χ1) is 11.5. The average molecular weight is 331 g/mol. The highest BCUT2D eigenvalue weighted by molar-refractivity contribution is 5.99. The van der Waals surface area contributed by atoms with Crippen LogP contribution in [0.2, 0.25) is 0 Å². The quantitative estimate of drug-likeness (QED) is 0.883. The highest BCUT2D eigenvalue weighted by Gasteiger charge is 2.48. The number of hydrogen-bond acceptors (Lipinski definition) is 3. The second-order valence-corrected chi connectivity index (χ2v) is 5.64. The van der Waals surface area contributed by atoms with Gasteiger partial charge in [0.25, 0.3) is 0 Å². The highest BCUT2D eigenvalue weighted by Crippen LogP contribution is 2.39. The molecule has 1 aromatic carbocycles. The number of anilines is 1. The Kier molecular flexibility index (Phi) is 4.50. The van der Waals surface area contributed by atoms with Gasteiger partial charge in [-0.2, -0.15) is 0 Å². The Labute approximate surface area is 137 Å². The molecule has 0 saturated heterocycles. The first kappa shape index (κ1) is 16.0. The number of rotatable bonds is 5. The molecule has 24 heavy (non-hydrogen) atoms. The van der Waals surface area contributed by atoms with E-state index in [1.165, 1.54) is 0 Å². The van der Waals surface area contributed by atoms with Crippen LogP contribution in [0, 0.1) is 23.5 Å². The number of nitrogens with zero attached hydrogens (tertiary/aromatic N) is 1. The molecule has 124 valence electrons. The van der Waals surface area contributed by atoms with E-state index in [0.29, 0.717) is 19.0 Å². The van der Waals surface area contributed by atoms with E-state index < -0.39 is 29.4 Å². The molecule has 1 heterocycles. The van der Waals surface area contributed by atoms with Gasteiger partial charge in [0.05, 0.1) is 17.5 Å². The summed E-state index contributed by atoms with van der Waals surface area (Å²) in [5, 5.41) is 5.15. The van der Waals surface area contributed by atoms with Crippen molar-refractivity contribution in [1.29, 1.82) is 0 Å². The topological polar surface area (TPSA) is 71.1 Å². The number of carbonyl (C=O) groups is 2. The monoisotopic (exact) mass is 331 g/mol. The van der Waals surface area contributed by atoms with Crippen LogP contribution < -0.4 is 10.6 Å². The van der Waals surface area contributed by atoms with E-state index in [-0.39, 0.29) is 11.6 Å². The Morgan fingerprint density at radius 3 is 2.50 bits per heavy atom. The van der Waals surface area contributed by atoms with Crippen molar-refractivity contribution >= 4 is 17.5 Å². The van der Waals surface area contributed by atoms with Gasteiger partial charge in [-0.25, -0.2) is 8.78 Å². The van der Waals surface area contributed by atoms with E-state index in [4.69, 9.17) is 0 Å². The predicted octanol–water partition coefficient (Wildman–Crippen LogP) is 2.25. The van der Waals surface area contributed by atoms with Gasteiger partial charge in [0, 0.05) is 25.0 Å². The van der Waals surface area contributed by atoms with Crippen LogP contribution in [0.3, 0.4) is 0 Å². The minimum absolute atomic E-state index is 0.0933. The molecular formula is C17H15F2N3O2. The summed E-state index contributed by atoms with van der Waals surface area (Å²) in [5.41, 5.74) is 0.817. The number of aromatic nitrogens is 1. The zero-order valence-electron chi connectivity index (χ0n) is 12.6. The van der Waals surface area contributed by atoms with E-state index in [9.17, 15) is 18.4 Å². The number of pyridine rings is 1. The summed E-state index contributed by atoms with van der Waals surface area (Å²) in [7, 11) is 0. The smallest absolute Gasteiger partial charge is 0.228 e. The van der Waals surface area contributed by atoms with Crippen LogP contribution in [-0.2, 0) is 16.1 Å². The van der Waals surface area contributed by atoms with Gasteiger partial charge in [-0.3, -0.25) is 14.6 Å². The number of carbonyl (C=O) groups excluding carboxylic acids is 2. The van der Waals surface area contributed by atoms with Gasteiger partial charge in [-0.15, -0.1) is 0 Å². The zero-order chi connectivity index (χ0) is 17.1. The number of amides is 2. The minimum Gasteiger partial charge on any atom is -0.352 e. The maximum absolute atomic E-state index is 13.5. The zero-order valence-corrected chi connectivity index (χ0v) is 12.6. The first-order valence-electron chi connectivity index (χ1n) is 7.47. The van der Waals surface area contributed by atoms with Crippen LogP contribution in [0.25, 0.3) is 0 Å². The Hall–Kier alpha value is -2.83. The molecule has 2 atom stereocenters. The second-order valence-electron chi connectivity index (χ2n) is 5.64. The summed E-state index contributed by atoms with van der Waals surface area (Å²) < 4.78 is 26.4. The summed E-state index contributed by atoms with van der Waals surface area (Å²) >= 11 is 0. The molecule has 2 unspecified atom stereocenters. The van der Waals surface area contributed by atoms with E-state index in [1.54, 1.807) is 24.5 Å². The number of nitrogens with one attached hydrogen (secondary N) is 2. The van der Waals surface area contributed by atoms with Crippen molar-refractivity contribution in [3.63, 3.8) is 0 Å². The molecule has 7 heteroatoms. The van der Waals surface area contributed by atoms with Gasteiger partial charge in [-0.05, 0) is 36.2 Å². The molecule has 0 bridgehead atoms. The minimum atomic E-state index is -0.845. The predicted molar refractivity (Wildman–Crippen MR) is 82.7 cm³/mol. The van der Waals surface area contributed by atoms with Crippen molar-refractivity contribution in [1.82, 2.24) is 10.3 Å². The summed E-state index contributed by atoms with van der Waals surface area (Å²) in [4.78, 5) is 28.0. The van der Waals surface area contributed by atoms with Crippen LogP contribution in [0.15, 0.2) is 42.7 Å². The molecule has 0 aliphatic heterocycles. The molecule has 0 spiro atoms. The lowest BCUT2D eigenvalue weighted by molar-refractivity contribution is -0.125. The lowest BCUT2D eigenvalue weighted by Crippen LogP contribution is -2.27. The van der Waals surface area contributed by atoms with Crippen molar-refractivity contribution in [3.8, 4) is 0 Å². The number of hydrogen-bond donors (Lipinski definition) is 2. The second kappa shape index (κ2) is 6.74. The van der Waals surface area contributed by atoms with Crippen LogP contribution in [0.5, 0.6) is 0 Å². The third-order valence-electron chi connectivity index (χ3n) is 3.87. The Morgan fingerprint density at radius 2 is 1.79 bits per heavy atom. The van der Waals surface area contributed by atoms with Crippen molar-refractivity contribution in [2.75, 3.05) is 5.32 Å². The molecule has 1 aliphatic carbocycles. The summed E-state index contributed by atoms with van der Waals surface area (Å²) in [5.74, 6) is -3.13. The van der Waals surface area contributed by atoms with Crippen molar-refractivity contribution in [2.45, 2.75) is 13.0 Å². The summed E-state index contributed by atoms with van der Waals surface area (Å²) in [6.07, 6.45) is 3.68. The van der Waals surface area contributed by atoms with E-state index in [2.05, 4.69) is 15.6 Å². The molecule has 1 aromatic heterocycles. The average Bonchev–Trinajstić information content (AvgIpc) is 3.37. The van der Waals surface area contributed by atoms with Gasteiger partial charge < -0.3 is 10.6 Å². The van der Waals surface area contributed by atoms with Crippen LogP contribution in [-0.4, -0.2) is 16.8 Å². The number of halogens is 2. The molecule has 3 rings (SSSR count). The molecule has 1 fully saturated rings. The SMILES string of the molecule is O=C(NCc1ccncc1)C1CC1C(=O)Nc1ccc(F)cc1F. The maximum Gasteiger partial charge on any atom is 0.228 e. The third kappa shape index (κ3) is 3.73. The molecule has 0 radical (unpaired) electrons. The normalized spacial score (nSPS) is 18.8. The molecule has 5 nitrogen and oxygen atoms in total. The van der Waals surface area contributed by atoms with Crippen LogP contribution in [0.1, 0.15) is 12.0 Å². The van der Waals surface area contributed by atoms with Gasteiger partial charge in [0.15, 0.2) is 0 Å². The molecular weight excluding hydrogens is 316 g/mol. The van der Waals surface area contributed by atoms with Crippen LogP contribution >= 0.6 is 0 Å². The standard InChI is InChI=1S/C17H15F2N3O2/c18-11-1-2-15(14(19)7-11)22-17(24)13-8-12(13)16(23)21-9-10-3-5-20-6-4-10/h1-7,12-13H,8-9H2,(H,21,23)(H,22,24). The Bertz CT molecular complexity index is 768. The van der Waals surface area contributed by atoms with Gasteiger partial charge in [0.1, 0.15) is 11.6 Å². The lowest BCUT2D eigenvalue weighted by Gasteiger charge is -2.07. The highest BCUT2D eigenvalue weighted by atomic mass is 19.1. The van der Waals surface area contributed by atoms with Gasteiger partial charge in [-0.1, -0.05) is 0 Å².